The molecule has 23 heavy (non-hydrogen) atoms. The van der Waals surface area contributed by atoms with E-state index in [0.717, 1.165) is 0 Å². The van der Waals surface area contributed by atoms with Crippen molar-refractivity contribution in [1.29, 1.82) is 0 Å². The first-order valence-corrected chi connectivity index (χ1v) is 7.61. The van der Waals surface area contributed by atoms with Crippen LogP contribution in [-0.2, 0) is 14.3 Å². The molecule has 2 unspecified atom stereocenters. The Balaban J connectivity index is 1.99. The predicted octanol–water partition coefficient (Wildman–Crippen LogP) is 3.05. The van der Waals surface area contributed by atoms with Gasteiger partial charge in [-0.25, -0.2) is 4.39 Å². The number of halogens is 1. The van der Waals surface area contributed by atoms with E-state index in [2.05, 4.69) is 0 Å². The third-order valence-electron chi connectivity index (χ3n) is 4.47. The van der Waals surface area contributed by atoms with Gasteiger partial charge in [0.15, 0.2) is 0 Å². The molecule has 0 aliphatic heterocycles. The van der Waals surface area contributed by atoms with Gasteiger partial charge in [-0.1, -0.05) is 12.1 Å². The van der Waals surface area contributed by atoms with Gasteiger partial charge in [-0.15, -0.1) is 0 Å². The highest BCUT2D eigenvalue weighted by Gasteiger charge is 2.51. The predicted molar refractivity (Wildman–Crippen MR) is 83.4 cm³/mol. The largest absolute Gasteiger partial charge is 0.508 e. The fourth-order valence-corrected chi connectivity index (χ4v) is 3.38. The number of ketones is 1. The van der Waals surface area contributed by atoms with Crippen LogP contribution >= 0.6 is 0 Å². The van der Waals surface area contributed by atoms with Gasteiger partial charge < -0.3 is 14.6 Å². The van der Waals surface area contributed by atoms with E-state index in [4.69, 9.17) is 9.47 Å². The first-order chi connectivity index (χ1) is 11.1. The average molecular weight is 318 g/mol. The molecule has 2 aliphatic carbocycles. The van der Waals surface area contributed by atoms with E-state index in [0.29, 0.717) is 37.2 Å². The molecule has 122 valence electrons. The number of benzene rings is 1. The van der Waals surface area contributed by atoms with E-state index in [1.807, 2.05) is 0 Å². The molecule has 1 saturated carbocycles. The molecule has 2 atom stereocenters. The number of hydrogen-bond donors (Lipinski definition) is 1. The van der Waals surface area contributed by atoms with E-state index >= 15 is 0 Å². The molecule has 4 nitrogen and oxygen atoms in total. The molecule has 5 heteroatoms. The Labute approximate surface area is 134 Å². The van der Waals surface area contributed by atoms with Crippen molar-refractivity contribution in [1.82, 2.24) is 0 Å². The smallest absolute Gasteiger partial charge is 0.143 e. The van der Waals surface area contributed by atoms with E-state index < -0.39 is 11.5 Å². The minimum atomic E-state index is -0.758. The van der Waals surface area contributed by atoms with E-state index in [-0.39, 0.29) is 17.4 Å². The zero-order valence-corrected chi connectivity index (χ0v) is 12.9. The summed E-state index contributed by atoms with van der Waals surface area (Å²) in [5.41, 5.74) is 0.381. The molecule has 0 radical (unpaired) electrons. The van der Waals surface area contributed by atoms with Crippen LogP contribution in [0.5, 0.6) is 0 Å². The number of carbonyl (C=O) groups is 1. The average Bonchev–Trinajstić information content (AvgIpc) is 2.87. The summed E-state index contributed by atoms with van der Waals surface area (Å²) < 4.78 is 24.2. The molecule has 1 aromatic carbocycles. The molecule has 2 aliphatic rings. The Morgan fingerprint density at radius 2 is 2.04 bits per heavy atom. The maximum absolute atomic E-state index is 13.2. The maximum Gasteiger partial charge on any atom is 0.143 e. The van der Waals surface area contributed by atoms with Crippen molar-refractivity contribution in [3.05, 3.63) is 53.6 Å². The zero-order chi connectivity index (χ0) is 16.4. The normalized spacial score (nSPS) is 26.7. The Kier molecular flexibility index (Phi) is 4.33. The fourth-order valence-electron chi connectivity index (χ4n) is 3.38. The number of Topliss-reactive ketones (excluding diaryl/α,β-unsaturated/α-hetero) is 1. The molecule has 0 bridgehead atoms. The van der Waals surface area contributed by atoms with Crippen LogP contribution in [-0.4, -0.2) is 36.8 Å². The topological polar surface area (TPSA) is 55.8 Å². The number of hydrogen-bond acceptors (Lipinski definition) is 4. The summed E-state index contributed by atoms with van der Waals surface area (Å²) in [5.74, 6) is -0.879. The SMILES string of the molecule is COCCOC12C=CC(O)=C(c3ccc(F)cc3)C1C(=O)CC2. The summed E-state index contributed by atoms with van der Waals surface area (Å²) in [6.45, 7) is 0.792. The minimum Gasteiger partial charge on any atom is -0.508 e. The summed E-state index contributed by atoms with van der Waals surface area (Å²) in [6.07, 6.45) is 4.29. The van der Waals surface area contributed by atoms with Crippen LogP contribution in [0.4, 0.5) is 4.39 Å². The molecular formula is C18H19FO4. The van der Waals surface area contributed by atoms with Crippen molar-refractivity contribution in [2.45, 2.75) is 18.4 Å². The van der Waals surface area contributed by atoms with E-state index in [9.17, 15) is 14.3 Å². The van der Waals surface area contributed by atoms with Gasteiger partial charge in [-0.3, -0.25) is 4.79 Å². The third kappa shape index (κ3) is 2.82. The second-order valence-electron chi connectivity index (χ2n) is 5.83. The molecule has 1 fully saturated rings. The lowest BCUT2D eigenvalue weighted by Crippen LogP contribution is -2.40. The number of aliphatic hydroxyl groups excluding tert-OH is 1. The standard InChI is InChI=1S/C18H19FO4/c1-22-10-11-23-18-8-6-14(20)16(17(18)15(21)7-9-18)12-2-4-13(19)5-3-12/h2-6,8,17,20H,7,9-11H2,1H3. The second-order valence-corrected chi connectivity index (χ2v) is 5.83. The summed E-state index contributed by atoms with van der Waals surface area (Å²) in [6, 6.07) is 5.79. The highest BCUT2D eigenvalue weighted by molar-refractivity contribution is 5.98. The quantitative estimate of drug-likeness (QED) is 0.848. The van der Waals surface area contributed by atoms with Gasteiger partial charge >= 0.3 is 0 Å². The molecule has 0 saturated heterocycles. The van der Waals surface area contributed by atoms with Gasteiger partial charge in [0.1, 0.15) is 23.0 Å². The van der Waals surface area contributed by atoms with Crippen LogP contribution < -0.4 is 0 Å². The van der Waals surface area contributed by atoms with Crippen LogP contribution in [0.1, 0.15) is 18.4 Å². The highest BCUT2D eigenvalue weighted by atomic mass is 19.1. The van der Waals surface area contributed by atoms with Crippen LogP contribution in [0.25, 0.3) is 5.57 Å². The lowest BCUT2D eigenvalue weighted by molar-refractivity contribution is -0.123. The Hall–Kier alpha value is -1.98. The van der Waals surface area contributed by atoms with Crippen LogP contribution in [0.15, 0.2) is 42.2 Å². The number of carbonyl (C=O) groups excluding carboxylic acids is 1. The van der Waals surface area contributed by atoms with Crippen molar-refractivity contribution in [2.24, 2.45) is 5.92 Å². The molecule has 1 aromatic rings. The summed E-state index contributed by atoms with van der Waals surface area (Å²) in [5, 5.41) is 10.3. The number of allylic oxidation sites excluding steroid dienone is 1. The number of fused-ring (bicyclic) bond motifs is 1. The lowest BCUT2D eigenvalue weighted by Gasteiger charge is -2.36. The summed E-state index contributed by atoms with van der Waals surface area (Å²) in [4.78, 5) is 12.5. The van der Waals surface area contributed by atoms with Crippen LogP contribution in [0.2, 0.25) is 0 Å². The van der Waals surface area contributed by atoms with Gasteiger partial charge in [0.05, 0.1) is 19.1 Å². The number of ether oxygens (including phenoxy) is 2. The number of methoxy groups -OCH3 is 1. The van der Waals surface area contributed by atoms with Crippen LogP contribution in [0, 0.1) is 11.7 Å². The first-order valence-electron chi connectivity index (χ1n) is 7.61. The van der Waals surface area contributed by atoms with Gasteiger partial charge in [0, 0.05) is 19.1 Å². The monoisotopic (exact) mass is 318 g/mol. The van der Waals surface area contributed by atoms with Crippen molar-refractivity contribution >= 4 is 11.4 Å². The van der Waals surface area contributed by atoms with Gasteiger partial charge in [-0.2, -0.15) is 0 Å². The zero-order valence-electron chi connectivity index (χ0n) is 12.9. The molecule has 0 spiro atoms. The van der Waals surface area contributed by atoms with Gasteiger partial charge in [-0.05, 0) is 36.3 Å². The van der Waals surface area contributed by atoms with Crippen molar-refractivity contribution in [3.63, 3.8) is 0 Å². The van der Waals surface area contributed by atoms with Crippen LogP contribution in [0.3, 0.4) is 0 Å². The Bertz CT molecular complexity index is 662. The molecule has 0 heterocycles. The Morgan fingerprint density at radius 1 is 1.30 bits per heavy atom. The number of rotatable bonds is 5. The van der Waals surface area contributed by atoms with Gasteiger partial charge in [0.2, 0.25) is 0 Å². The number of aliphatic hydroxyl groups is 1. The maximum atomic E-state index is 13.2. The molecular weight excluding hydrogens is 299 g/mol. The summed E-state index contributed by atoms with van der Waals surface area (Å²) >= 11 is 0. The molecule has 1 N–H and O–H groups in total. The Morgan fingerprint density at radius 3 is 2.74 bits per heavy atom. The molecule has 3 rings (SSSR count). The molecule has 0 amide bonds. The molecule has 0 aromatic heterocycles. The lowest BCUT2D eigenvalue weighted by atomic mass is 9.77. The van der Waals surface area contributed by atoms with E-state index in [1.54, 1.807) is 31.4 Å². The van der Waals surface area contributed by atoms with Crippen molar-refractivity contribution in [2.75, 3.05) is 20.3 Å². The van der Waals surface area contributed by atoms with Crippen molar-refractivity contribution < 1.29 is 23.8 Å². The highest BCUT2D eigenvalue weighted by Crippen LogP contribution is 2.48. The summed E-state index contributed by atoms with van der Waals surface area (Å²) in [7, 11) is 1.59. The fraction of sp³-hybridized carbons (Fsp3) is 0.389. The van der Waals surface area contributed by atoms with E-state index in [1.165, 1.54) is 12.1 Å². The van der Waals surface area contributed by atoms with Crippen molar-refractivity contribution in [3.8, 4) is 0 Å². The third-order valence-corrected chi connectivity index (χ3v) is 4.47. The first kappa shape index (κ1) is 15.9. The van der Waals surface area contributed by atoms with Gasteiger partial charge in [0.25, 0.3) is 0 Å². The second kappa shape index (κ2) is 6.26. The minimum absolute atomic E-state index is 0.0256.